The summed E-state index contributed by atoms with van der Waals surface area (Å²) in [7, 11) is 0. The van der Waals surface area contributed by atoms with E-state index in [9.17, 15) is 0 Å². The number of rotatable bonds is 2. The Morgan fingerprint density at radius 3 is 2.88 bits per heavy atom. The van der Waals surface area contributed by atoms with Gasteiger partial charge >= 0.3 is 0 Å². The third-order valence-electron chi connectivity index (χ3n) is 3.47. The normalized spacial score (nSPS) is 17.3. The number of nitrogens with zero attached hydrogens (tertiary/aromatic N) is 1. The van der Waals surface area contributed by atoms with E-state index in [0.29, 0.717) is 0 Å². The van der Waals surface area contributed by atoms with Crippen molar-refractivity contribution in [3.63, 3.8) is 0 Å². The monoisotopic (exact) mass is 234 g/mol. The summed E-state index contributed by atoms with van der Waals surface area (Å²) in [5.74, 6) is 1.91. The molecule has 0 aliphatic heterocycles. The van der Waals surface area contributed by atoms with Gasteiger partial charge in [0.05, 0.1) is 10.5 Å². The molecule has 1 aliphatic rings. The minimum Gasteiger partial charge on any atom is -0.342 e. The van der Waals surface area contributed by atoms with Crippen molar-refractivity contribution in [2.75, 3.05) is 0 Å². The fraction of sp³-hybridized carbons (Fsp3) is 0.462. The molecule has 1 aromatic carbocycles. The molecule has 3 heteroatoms. The summed E-state index contributed by atoms with van der Waals surface area (Å²) in [4.78, 5) is 7.96. The summed E-state index contributed by atoms with van der Waals surface area (Å²) in [6.45, 7) is 0. The van der Waals surface area contributed by atoms with E-state index in [4.69, 9.17) is 11.6 Å². The predicted molar refractivity (Wildman–Crippen MR) is 66.8 cm³/mol. The second-order valence-electron chi connectivity index (χ2n) is 4.67. The van der Waals surface area contributed by atoms with Crippen LogP contribution in [0.4, 0.5) is 0 Å². The second kappa shape index (κ2) is 4.10. The van der Waals surface area contributed by atoms with Crippen LogP contribution in [-0.2, 0) is 6.42 Å². The van der Waals surface area contributed by atoms with Crippen molar-refractivity contribution in [2.24, 2.45) is 5.92 Å². The number of benzene rings is 1. The maximum Gasteiger partial charge on any atom is 0.107 e. The van der Waals surface area contributed by atoms with E-state index in [1.54, 1.807) is 0 Å². The van der Waals surface area contributed by atoms with Crippen LogP contribution < -0.4 is 0 Å². The molecule has 0 spiro atoms. The molecule has 1 aromatic heterocycles. The van der Waals surface area contributed by atoms with Gasteiger partial charge in [-0.1, -0.05) is 43.4 Å². The Hall–Kier alpha value is -1.02. The number of hydrogen-bond donors (Lipinski definition) is 1. The van der Waals surface area contributed by atoms with E-state index in [2.05, 4.69) is 9.97 Å². The van der Waals surface area contributed by atoms with Crippen LogP contribution in [0.15, 0.2) is 18.2 Å². The fourth-order valence-electron chi connectivity index (χ4n) is 2.63. The number of aromatic amines is 1. The lowest BCUT2D eigenvalue weighted by molar-refractivity contribution is 0.534. The number of aromatic nitrogens is 2. The van der Waals surface area contributed by atoms with Crippen molar-refractivity contribution in [3.8, 4) is 0 Å². The summed E-state index contributed by atoms with van der Waals surface area (Å²) in [5, 5.41) is 0.742. The molecule has 0 atom stereocenters. The van der Waals surface area contributed by atoms with Crippen molar-refractivity contribution in [1.29, 1.82) is 0 Å². The van der Waals surface area contributed by atoms with Gasteiger partial charge in [0.1, 0.15) is 11.3 Å². The zero-order valence-corrected chi connectivity index (χ0v) is 9.93. The van der Waals surface area contributed by atoms with Crippen LogP contribution >= 0.6 is 11.6 Å². The molecule has 1 fully saturated rings. The van der Waals surface area contributed by atoms with Crippen molar-refractivity contribution in [2.45, 2.75) is 32.1 Å². The molecule has 1 saturated carbocycles. The molecule has 84 valence electrons. The van der Waals surface area contributed by atoms with E-state index in [0.717, 1.165) is 34.2 Å². The SMILES string of the molecule is Clc1cccc2[nH]c(CC3CCCC3)nc12. The van der Waals surface area contributed by atoms with Gasteiger partial charge < -0.3 is 4.98 Å². The Morgan fingerprint density at radius 1 is 1.31 bits per heavy atom. The fourth-order valence-corrected chi connectivity index (χ4v) is 2.85. The van der Waals surface area contributed by atoms with Crippen LogP contribution in [0, 0.1) is 5.92 Å². The van der Waals surface area contributed by atoms with Crippen LogP contribution in [0.5, 0.6) is 0 Å². The zero-order chi connectivity index (χ0) is 11.0. The van der Waals surface area contributed by atoms with Crippen molar-refractivity contribution >= 4 is 22.6 Å². The summed E-state index contributed by atoms with van der Waals surface area (Å²) in [6.07, 6.45) is 6.54. The Labute approximate surface area is 100 Å². The number of para-hydroxylation sites is 1. The largest absolute Gasteiger partial charge is 0.342 e. The van der Waals surface area contributed by atoms with Crippen LogP contribution in [0.25, 0.3) is 11.0 Å². The third-order valence-corrected chi connectivity index (χ3v) is 3.77. The molecule has 16 heavy (non-hydrogen) atoms. The lowest BCUT2D eigenvalue weighted by atomic mass is 10.0. The standard InChI is InChI=1S/C13H15ClN2/c14-10-6-3-7-11-13(10)16-12(15-11)8-9-4-1-2-5-9/h3,6-7,9H,1-2,4-5,8H2,(H,15,16). The maximum absolute atomic E-state index is 6.10. The highest BCUT2D eigenvalue weighted by atomic mass is 35.5. The number of halogens is 1. The highest BCUT2D eigenvalue weighted by molar-refractivity contribution is 6.34. The quantitative estimate of drug-likeness (QED) is 0.838. The van der Waals surface area contributed by atoms with E-state index >= 15 is 0 Å². The molecule has 0 radical (unpaired) electrons. The average molecular weight is 235 g/mol. The minimum absolute atomic E-state index is 0.742. The number of nitrogens with one attached hydrogen (secondary N) is 1. The molecule has 0 unspecified atom stereocenters. The molecule has 0 bridgehead atoms. The second-order valence-corrected chi connectivity index (χ2v) is 5.08. The Balaban J connectivity index is 1.90. The summed E-state index contributed by atoms with van der Waals surface area (Å²) in [5.41, 5.74) is 1.97. The maximum atomic E-state index is 6.10. The van der Waals surface area contributed by atoms with Crippen LogP contribution in [0.1, 0.15) is 31.5 Å². The highest BCUT2D eigenvalue weighted by Crippen LogP contribution is 2.28. The van der Waals surface area contributed by atoms with Gasteiger partial charge in [0.15, 0.2) is 0 Å². The number of H-pyrrole nitrogens is 1. The molecule has 0 saturated heterocycles. The Morgan fingerprint density at radius 2 is 2.12 bits per heavy atom. The predicted octanol–water partition coefficient (Wildman–Crippen LogP) is 3.95. The average Bonchev–Trinajstić information content (AvgIpc) is 2.88. The summed E-state index contributed by atoms with van der Waals surface area (Å²) >= 11 is 6.10. The molecular formula is C13H15ClN2. The van der Waals surface area contributed by atoms with Crippen LogP contribution in [0.2, 0.25) is 5.02 Å². The van der Waals surface area contributed by atoms with Gasteiger partial charge in [0.2, 0.25) is 0 Å². The molecular weight excluding hydrogens is 220 g/mol. The number of imidazole rings is 1. The Kier molecular flexibility index (Phi) is 2.60. The summed E-state index contributed by atoms with van der Waals surface area (Å²) in [6, 6.07) is 5.89. The van der Waals surface area contributed by atoms with Gasteiger partial charge in [0, 0.05) is 6.42 Å². The zero-order valence-electron chi connectivity index (χ0n) is 9.17. The van der Waals surface area contributed by atoms with Crippen LogP contribution in [-0.4, -0.2) is 9.97 Å². The summed E-state index contributed by atoms with van der Waals surface area (Å²) < 4.78 is 0. The van der Waals surface area contributed by atoms with E-state index in [1.807, 2.05) is 18.2 Å². The first-order valence-corrected chi connectivity index (χ1v) is 6.34. The van der Waals surface area contributed by atoms with Gasteiger partial charge in [-0.2, -0.15) is 0 Å². The highest BCUT2D eigenvalue weighted by Gasteiger charge is 2.17. The molecule has 1 aliphatic carbocycles. The first-order chi connectivity index (χ1) is 7.83. The van der Waals surface area contributed by atoms with Crippen molar-refractivity contribution in [3.05, 3.63) is 29.0 Å². The van der Waals surface area contributed by atoms with Gasteiger partial charge in [0.25, 0.3) is 0 Å². The van der Waals surface area contributed by atoms with Crippen molar-refractivity contribution in [1.82, 2.24) is 9.97 Å². The van der Waals surface area contributed by atoms with E-state index in [-0.39, 0.29) is 0 Å². The van der Waals surface area contributed by atoms with Gasteiger partial charge in [-0.3, -0.25) is 0 Å². The van der Waals surface area contributed by atoms with Crippen molar-refractivity contribution < 1.29 is 0 Å². The molecule has 0 amide bonds. The van der Waals surface area contributed by atoms with E-state index in [1.165, 1.54) is 25.7 Å². The molecule has 2 nitrogen and oxygen atoms in total. The molecule has 3 rings (SSSR count). The van der Waals surface area contributed by atoms with Gasteiger partial charge in [-0.15, -0.1) is 0 Å². The Bertz CT molecular complexity index is 498. The first-order valence-electron chi connectivity index (χ1n) is 5.96. The third kappa shape index (κ3) is 1.82. The van der Waals surface area contributed by atoms with Crippen LogP contribution in [0.3, 0.4) is 0 Å². The number of hydrogen-bond acceptors (Lipinski definition) is 1. The molecule has 1 N–H and O–H groups in total. The number of fused-ring (bicyclic) bond motifs is 1. The lowest BCUT2D eigenvalue weighted by Crippen LogP contribution is -2.00. The molecule has 2 aromatic rings. The molecule has 1 heterocycles. The minimum atomic E-state index is 0.742. The van der Waals surface area contributed by atoms with Gasteiger partial charge in [-0.05, 0) is 18.1 Å². The topological polar surface area (TPSA) is 28.7 Å². The van der Waals surface area contributed by atoms with Gasteiger partial charge in [-0.25, -0.2) is 4.98 Å². The smallest absolute Gasteiger partial charge is 0.107 e. The lowest BCUT2D eigenvalue weighted by Gasteiger charge is -2.04. The van der Waals surface area contributed by atoms with E-state index < -0.39 is 0 Å². The first kappa shape index (κ1) is 10.2.